The molecule has 0 saturated carbocycles. The molecule has 0 spiro atoms. The normalized spacial score (nSPS) is 11.0. The molecule has 1 aromatic heterocycles. The third kappa shape index (κ3) is 3.32. The fourth-order valence-electron chi connectivity index (χ4n) is 2.83. The zero-order chi connectivity index (χ0) is 17.1. The summed E-state index contributed by atoms with van der Waals surface area (Å²) in [6, 6.07) is 11.6. The summed E-state index contributed by atoms with van der Waals surface area (Å²) in [7, 11) is 0. The molecule has 3 rings (SSSR count). The van der Waals surface area contributed by atoms with Crippen molar-refractivity contribution < 1.29 is 13.5 Å². The van der Waals surface area contributed by atoms with E-state index in [1.165, 1.54) is 12.1 Å². The Morgan fingerprint density at radius 3 is 2.75 bits per heavy atom. The zero-order valence-electron chi connectivity index (χ0n) is 13.8. The summed E-state index contributed by atoms with van der Waals surface area (Å²) in [5.41, 5.74) is 2.72. The van der Waals surface area contributed by atoms with E-state index in [2.05, 4.69) is 6.92 Å². The minimum atomic E-state index is -0.351. The highest BCUT2D eigenvalue weighted by Crippen LogP contribution is 2.29. The molecule has 124 valence electrons. The van der Waals surface area contributed by atoms with Crippen molar-refractivity contribution in [1.29, 1.82) is 0 Å². The summed E-state index contributed by atoms with van der Waals surface area (Å²) >= 11 is 0. The minimum absolute atomic E-state index is 0.253. The van der Waals surface area contributed by atoms with Gasteiger partial charge in [-0.3, -0.25) is 0 Å². The van der Waals surface area contributed by atoms with Crippen molar-refractivity contribution in [2.24, 2.45) is 0 Å². The second kappa shape index (κ2) is 6.87. The largest absolute Gasteiger partial charge is 0.488 e. The predicted molar refractivity (Wildman–Crippen MR) is 91.9 cm³/mol. The fourth-order valence-corrected chi connectivity index (χ4v) is 2.83. The molecule has 0 aliphatic carbocycles. The molecule has 2 aromatic carbocycles. The van der Waals surface area contributed by atoms with E-state index in [1.807, 2.05) is 19.1 Å². The molecule has 0 bridgehead atoms. The number of ether oxygens (including phenoxy) is 1. The fraction of sp³-hybridized carbons (Fsp3) is 0.250. The molecule has 0 radical (unpaired) electrons. The van der Waals surface area contributed by atoms with E-state index >= 15 is 0 Å². The van der Waals surface area contributed by atoms with Gasteiger partial charge >= 0.3 is 5.63 Å². The molecule has 0 aliphatic heterocycles. The smallest absolute Gasteiger partial charge is 0.336 e. The van der Waals surface area contributed by atoms with Crippen LogP contribution in [0.1, 0.15) is 30.0 Å². The van der Waals surface area contributed by atoms with Gasteiger partial charge in [0.2, 0.25) is 0 Å². The molecule has 0 aliphatic rings. The van der Waals surface area contributed by atoms with Crippen LogP contribution >= 0.6 is 0 Å². The van der Waals surface area contributed by atoms with Gasteiger partial charge in [0.25, 0.3) is 0 Å². The summed E-state index contributed by atoms with van der Waals surface area (Å²) in [4.78, 5) is 11.8. The van der Waals surface area contributed by atoms with Crippen LogP contribution in [0, 0.1) is 12.7 Å². The van der Waals surface area contributed by atoms with Crippen molar-refractivity contribution in [3.63, 3.8) is 0 Å². The first-order valence-electron chi connectivity index (χ1n) is 8.02. The van der Waals surface area contributed by atoms with Crippen molar-refractivity contribution in [3.05, 3.63) is 75.4 Å². The van der Waals surface area contributed by atoms with Crippen LogP contribution in [-0.2, 0) is 13.0 Å². The van der Waals surface area contributed by atoms with E-state index in [4.69, 9.17) is 9.15 Å². The predicted octanol–water partition coefficient (Wildman–Crippen LogP) is 4.77. The lowest BCUT2D eigenvalue weighted by Gasteiger charge is -2.12. The van der Waals surface area contributed by atoms with Crippen molar-refractivity contribution >= 4 is 11.0 Å². The first-order chi connectivity index (χ1) is 11.6. The van der Waals surface area contributed by atoms with Crippen molar-refractivity contribution in [1.82, 2.24) is 0 Å². The Labute approximate surface area is 139 Å². The average Bonchev–Trinajstić information content (AvgIpc) is 2.55. The molecule has 0 fully saturated rings. The number of benzene rings is 2. The Hall–Kier alpha value is -2.62. The van der Waals surface area contributed by atoms with Crippen LogP contribution in [0.2, 0.25) is 0 Å². The van der Waals surface area contributed by atoms with E-state index in [0.717, 1.165) is 34.9 Å². The van der Waals surface area contributed by atoms with Crippen molar-refractivity contribution in [3.8, 4) is 5.75 Å². The first kappa shape index (κ1) is 16.2. The minimum Gasteiger partial charge on any atom is -0.488 e. The Morgan fingerprint density at radius 1 is 1.17 bits per heavy atom. The first-order valence-corrected chi connectivity index (χ1v) is 8.02. The summed E-state index contributed by atoms with van der Waals surface area (Å²) in [5.74, 6) is 0.338. The number of fused-ring (bicyclic) bond motifs is 1. The van der Waals surface area contributed by atoms with E-state index in [1.54, 1.807) is 18.2 Å². The second-order valence-corrected chi connectivity index (χ2v) is 5.82. The average molecular weight is 326 g/mol. The van der Waals surface area contributed by atoms with E-state index in [-0.39, 0.29) is 18.0 Å². The van der Waals surface area contributed by atoms with Crippen LogP contribution in [0.5, 0.6) is 5.75 Å². The zero-order valence-corrected chi connectivity index (χ0v) is 13.8. The Morgan fingerprint density at radius 2 is 2.00 bits per heavy atom. The molecule has 3 nitrogen and oxygen atoms in total. The van der Waals surface area contributed by atoms with E-state index in [9.17, 15) is 9.18 Å². The molecule has 0 unspecified atom stereocenters. The van der Waals surface area contributed by atoms with Crippen LogP contribution in [0.25, 0.3) is 11.0 Å². The van der Waals surface area contributed by atoms with Gasteiger partial charge in [0.1, 0.15) is 23.8 Å². The quantitative estimate of drug-likeness (QED) is 0.634. The number of halogens is 1. The number of hydrogen-bond donors (Lipinski definition) is 0. The molecule has 0 amide bonds. The van der Waals surface area contributed by atoms with Gasteiger partial charge in [-0.25, -0.2) is 9.18 Å². The number of aryl methyl sites for hydroxylation is 2. The molecule has 0 atom stereocenters. The topological polar surface area (TPSA) is 39.4 Å². The number of hydrogen-bond acceptors (Lipinski definition) is 3. The van der Waals surface area contributed by atoms with E-state index < -0.39 is 0 Å². The third-order valence-electron chi connectivity index (χ3n) is 4.00. The molecule has 4 heteroatoms. The third-order valence-corrected chi connectivity index (χ3v) is 4.00. The van der Waals surface area contributed by atoms with Crippen molar-refractivity contribution in [2.45, 2.75) is 33.3 Å². The second-order valence-electron chi connectivity index (χ2n) is 5.82. The molecule has 3 aromatic rings. The van der Waals surface area contributed by atoms with Gasteiger partial charge < -0.3 is 9.15 Å². The summed E-state index contributed by atoms with van der Waals surface area (Å²) < 4.78 is 24.4. The lowest BCUT2D eigenvalue weighted by atomic mass is 10.0. The molecular weight excluding hydrogens is 307 g/mol. The highest BCUT2D eigenvalue weighted by Gasteiger charge is 2.11. The van der Waals surface area contributed by atoms with Crippen LogP contribution < -0.4 is 10.4 Å². The Bertz CT molecular complexity index is 928. The highest BCUT2D eigenvalue weighted by atomic mass is 19.1. The molecule has 0 N–H and O–H groups in total. The van der Waals surface area contributed by atoms with Gasteiger partial charge in [-0.15, -0.1) is 0 Å². The number of rotatable bonds is 5. The van der Waals surface area contributed by atoms with Crippen LogP contribution in [0.15, 0.2) is 51.7 Å². The molecule has 1 heterocycles. The molecular formula is C20H19FO3. The molecule has 0 saturated heterocycles. The van der Waals surface area contributed by atoms with Gasteiger partial charge in [0.15, 0.2) is 0 Å². The van der Waals surface area contributed by atoms with Gasteiger partial charge in [-0.1, -0.05) is 25.5 Å². The van der Waals surface area contributed by atoms with Crippen LogP contribution in [0.4, 0.5) is 4.39 Å². The summed E-state index contributed by atoms with van der Waals surface area (Å²) in [5, 5.41) is 0.937. The maximum Gasteiger partial charge on any atom is 0.336 e. The van der Waals surface area contributed by atoms with Gasteiger partial charge in [-0.2, -0.15) is 0 Å². The van der Waals surface area contributed by atoms with Crippen LogP contribution in [-0.4, -0.2) is 0 Å². The van der Waals surface area contributed by atoms with Gasteiger partial charge in [0.05, 0.1) is 0 Å². The Balaban J connectivity index is 1.95. The molecule has 24 heavy (non-hydrogen) atoms. The van der Waals surface area contributed by atoms with Gasteiger partial charge in [0, 0.05) is 17.0 Å². The highest BCUT2D eigenvalue weighted by molar-refractivity contribution is 5.84. The Kier molecular flexibility index (Phi) is 4.65. The van der Waals surface area contributed by atoms with Crippen LogP contribution in [0.3, 0.4) is 0 Å². The lowest BCUT2D eigenvalue weighted by Crippen LogP contribution is -2.03. The standard InChI is InChI=1S/C20H19FO3/c1-3-5-15-11-19(22)24-20-13(2)18(9-8-17(15)20)23-12-14-6-4-7-16(21)10-14/h4,6-11H,3,5,12H2,1-2H3. The van der Waals surface area contributed by atoms with E-state index in [0.29, 0.717) is 11.3 Å². The van der Waals surface area contributed by atoms with Gasteiger partial charge in [-0.05, 0) is 48.7 Å². The monoisotopic (exact) mass is 326 g/mol. The van der Waals surface area contributed by atoms with Crippen molar-refractivity contribution in [2.75, 3.05) is 0 Å². The maximum atomic E-state index is 13.2. The SMILES string of the molecule is CCCc1cc(=O)oc2c(C)c(OCc3cccc(F)c3)ccc12. The summed E-state index contributed by atoms with van der Waals surface area (Å²) in [6.45, 7) is 4.19. The lowest BCUT2D eigenvalue weighted by molar-refractivity contribution is 0.303. The maximum absolute atomic E-state index is 13.2. The summed E-state index contributed by atoms with van der Waals surface area (Å²) in [6.07, 6.45) is 1.78.